The molecule has 2 amide bonds. The van der Waals surface area contributed by atoms with Crippen LogP contribution in [-0.2, 0) is 9.53 Å². The van der Waals surface area contributed by atoms with Crippen molar-refractivity contribution in [2.24, 2.45) is 0 Å². The van der Waals surface area contributed by atoms with E-state index in [1.54, 1.807) is 6.07 Å². The zero-order chi connectivity index (χ0) is 15.1. The molecule has 0 bridgehead atoms. The van der Waals surface area contributed by atoms with Gasteiger partial charge in [-0.2, -0.15) is 0 Å². The number of para-hydroxylation sites is 1. The first-order chi connectivity index (χ1) is 9.47. The van der Waals surface area contributed by atoms with Crippen LogP contribution in [0.3, 0.4) is 0 Å². The minimum Gasteiger partial charge on any atom is -0.505 e. The van der Waals surface area contributed by atoms with Gasteiger partial charge in [-0.05, 0) is 12.1 Å². The number of rotatable bonds is 6. The number of amides is 2. The second kappa shape index (κ2) is 7.34. The van der Waals surface area contributed by atoms with Crippen molar-refractivity contribution in [3.05, 3.63) is 23.8 Å². The highest BCUT2D eigenvalue weighted by Crippen LogP contribution is 2.25. The van der Waals surface area contributed by atoms with Crippen LogP contribution >= 0.6 is 0 Å². The lowest BCUT2D eigenvalue weighted by Gasteiger charge is -2.17. The smallest absolute Gasteiger partial charge is 0.257 e. The van der Waals surface area contributed by atoms with E-state index in [9.17, 15) is 14.7 Å². The lowest BCUT2D eigenvalue weighted by molar-refractivity contribution is -0.121. The van der Waals surface area contributed by atoms with Gasteiger partial charge in [0, 0.05) is 20.7 Å². The SMILES string of the molecule is COCCNC(=O)CN(C)C(=O)c1cccc(N)c1O. The minimum absolute atomic E-state index is 0.0668. The van der Waals surface area contributed by atoms with Gasteiger partial charge in [0.1, 0.15) is 0 Å². The molecule has 1 aromatic rings. The maximum Gasteiger partial charge on any atom is 0.257 e. The molecule has 1 rings (SSSR count). The largest absolute Gasteiger partial charge is 0.505 e. The molecule has 0 heterocycles. The Labute approximate surface area is 117 Å². The molecule has 1 aromatic carbocycles. The number of hydrogen-bond acceptors (Lipinski definition) is 5. The summed E-state index contributed by atoms with van der Waals surface area (Å²) in [6, 6.07) is 4.51. The predicted octanol–water partition coefficient (Wildman–Crippen LogP) is -0.191. The number of aromatic hydroxyl groups is 1. The fourth-order valence-corrected chi connectivity index (χ4v) is 1.58. The molecule has 0 aliphatic heterocycles. The maximum absolute atomic E-state index is 12.1. The summed E-state index contributed by atoms with van der Waals surface area (Å²) in [5.41, 5.74) is 5.71. The van der Waals surface area contributed by atoms with Crippen LogP contribution < -0.4 is 11.1 Å². The number of nitrogens with two attached hydrogens (primary N) is 1. The number of hydrogen-bond donors (Lipinski definition) is 3. The van der Waals surface area contributed by atoms with Gasteiger partial charge in [0.05, 0.1) is 24.4 Å². The molecule has 0 radical (unpaired) electrons. The van der Waals surface area contributed by atoms with Gasteiger partial charge in [0.25, 0.3) is 5.91 Å². The number of nitrogens with one attached hydrogen (secondary N) is 1. The molecule has 0 aliphatic carbocycles. The zero-order valence-electron chi connectivity index (χ0n) is 11.5. The van der Waals surface area contributed by atoms with E-state index in [2.05, 4.69) is 5.32 Å². The molecule has 0 spiro atoms. The number of phenols is 1. The molecule has 7 heteroatoms. The van der Waals surface area contributed by atoms with Gasteiger partial charge in [-0.1, -0.05) is 6.07 Å². The van der Waals surface area contributed by atoms with E-state index < -0.39 is 5.91 Å². The Morgan fingerprint density at radius 2 is 2.15 bits per heavy atom. The summed E-state index contributed by atoms with van der Waals surface area (Å²) in [5, 5.41) is 12.3. The van der Waals surface area contributed by atoms with Gasteiger partial charge >= 0.3 is 0 Å². The standard InChI is InChI=1S/C13H19N3O4/c1-16(8-11(17)15-6-7-20-2)13(19)9-4-3-5-10(14)12(9)18/h3-5,18H,6-8,14H2,1-2H3,(H,15,17). The number of carbonyl (C=O) groups excluding carboxylic acids is 2. The summed E-state index contributed by atoms with van der Waals surface area (Å²) in [6.07, 6.45) is 0. The molecule has 0 atom stereocenters. The van der Waals surface area contributed by atoms with Gasteiger partial charge in [0.2, 0.25) is 5.91 Å². The van der Waals surface area contributed by atoms with E-state index in [-0.39, 0.29) is 29.5 Å². The quantitative estimate of drug-likeness (QED) is 0.381. The van der Waals surface area contributed by atoms with Crippen molar-refractivity contribution in [2.45, 2.75) is 0 Å². The highest BCUT2D eigenvalue weighted by atomic mass is 16.5. The summed E-state index contributed by atoms with van der Waals surface area (Å²) in [7, 11) is 3.01. The molecule has 4 N–H and O–H groups in total. The average Bonchev–Trinajstić information content (AvgIpc) is 2.41. The van der Waals surface area contributed by atoms with Crippen LogP contribution in [-0.4, -0.2) is 55.7 Å². The number of phenolic OH excluding ortho intramolecular Hbond substituents is 1. The Hall–Kier alpha value is -2.28. The summed E-state index contributed by atoms with van der Waals surface area (Å²) >= 11 is 0. The van der Waals surface area contributed by atoms with Crippen molar-refractivity contribution in [3.8, 4) is 5.75 Å². The lowest BCUT2D eigenvalue weighted by Crippen LogP contribution is -2.39. The number of nitrogen functional groups attached to an aromatic ring is 1. The van der Waals surface area contributed by atoms with Crippen molar-refractivity contribution in [2.75, 3.05) is 39.6 Å². The van der Waals surface area contributed by atoms with Crippen LogP contribution in [0.15, 0.2) is 18.2 Å². The molecular formula is C13H19N3O4. The Morgan fingerprint density at radius 1 is 1.45 bits per heavy atom. The summed E-state index contributed by atoms with van der Waals surface area (Å²) in [4.78, 5) is 24.9. The Kier molecular flexibility index (Phi) is 5.79. The Bertz CT molecular complexity index is 491. The van der Waals surface area contributed by atoms with Crippen LogP contribution in [0, 0.1) is 0 Å². The van der Waals surface area contributed by atoms with Crippen LogP contribution in [0.5, 0.6) is 5.75 Å². The van der Waals surface area contributed by atoms with Gasteiger partial charge in [-0.25, -0.2) is 0 Å². The summed E-state index contributed by atoms with van der Waals surface area (Å²) < 4.78 is 4.80. The third-order valence-corrected chi connectivity index (χ3v) is 2.65. The zero-order valence-corrected chi connectivity index (χ0v) is 11.5. The number of methoxy groups -OCH3 is 1. The highest BCUT2D eigenvalue weighted by Gasteiger charge is 2.18. The van der Waals surface area contributed by atoms with Crippen molar-refractivity contribution in [1.29, 1.82) is 0 Å². The minimum atomic E-state index is -0.475. The van der Waals surface area contributed by atoms with E-state index in [0.29, 0.717) is 13.2 Å². The highest BCUT2D eigenvalue weighted by molar-refractivity contribution is 5.99. The fraction of sp³-hybridized carbons (Fsp3) is 0.385. The maximum atomic E-state index is 12.1. The number of benzene rings is 1. The third kappa shape index (κ3) is 4.13. The van der Waals surface area contributed by atoms with Crippen molar-refractivity contribution in [3.63, 3.8) is 0 Å². The second-order valence-corrected chi connectivity index (χ2v) is 4.25. The normalized spacial score (nSPS) is 10.1. The first-order valence-corrected chi connectivity index (χ1v) is 6.06. The van der Waals surface area contributed by atoms with E-state index in [0.717, 1.165) is 0 Å². The number of nitrogens with zero attached hydrogens (tertiary/aromatic N) is 1. The molecule has 20 heavy (non-hydrogen) atoms. The lowest BCUT2D eigenvalue weighted by atomic mass is 10.1. The molecule has 0 aliphatic rings. The van der Waals surface area contributed by atoms with Crippen molar-refractivity contribution >= 4 is 17.5 Å². The van der Waals surface area contributed by atoms with E-state index in [4.69, 9.17) is 10.5 Å². The van der Waals surface area contributed by atoms with Crippen molar-refractivity contribution in [1.82, 2.24) is 10.2 Å². The number of carbonyl (C=O) groups is 2. The predicted molar refractivity (Wildman–Crippen MR) is 74.4 cm³/mol. The molecule has 0 aromatic heterocycles. The molecular weight excluding hydrogens is 262 g/mol. The Balaban J connectivity index is 2.63. The van der Waals surface area contributed by atoms with E-state index in [1.807, 2.05) is 0 Å². The number of anilines is 1. The van der Waals surface area contributed by atoms with Gasteiger partial charge < -0.3 is 25.8 Å². The van der Waals surface area contributed by atoms with Crippen LogP contribution in [0.25, 0.3) is 0 Å². The van der Waals surface area contributed by atoms with Gasteiger partial charge in [-0.3, -0.25) is 9.59 Å². The van der Waals surface area contributed by atoms with Gasteiger partial charge in [0.15, 0.2) is 5.75 Å². The first kappa shape index (κ1) is 15.8. The monoisotopic (exact) mass is 281 g/mol. The van der Waals surface area contributed by atoms with E-state index in [1.165, 1.54) is 31.2 Å². The molecule has 0 saturated heterocycles. The van der Waals surface area contributed by atoms with Crippen LogP contribution in [0.2, 0.25) is 0 Å². The molecule has 7 nitrogen and oxygen atoms in total. The van der Waals surface area contributed by atoms with Gasteiger partial charge in [-0.15, -0.1) is 0 Å². The molecule has 0 saturated carbocycles. The number of likely N-dealkylation sites (N-methyl/N-ethyl adjacent to an activating group) is 1. The topological polar surface area (TPSA) is 105 Å². The average molecular weight is 281 g/mol. The summed E-state index contributed by atoms with van der Waals surface area (Å²) in [6.45, 7) is 0.664. The van der Waals surface area contributed by atoms with Crippen LogP contribution in [0.1, 0.15) is 10.4 Å². The van der Waals surface area contributed by atoms with Crippen molar-refractivity contribution < 1.29 is 19.4 Å². The summed E-state index contributed by atoms with van der Waals surface area (Å²) in [5.74, 6) is -1.05. The fourth-order valence-electron chi connectivity index (χ4n) is 1.58. The molecule has 0 fully saturated rings. The first-order valence-electron chi connectivity index (χ1n) is 6.06. The van der Waals surface area contributed by atoms with E-state index >= 15 is 0 Å². The second-order valence-electron chi connectivity index (χ2n) is 4.25. The van der Waals surface area contributed by atoms with Crippen LogP contribution in [0.4, 0.5) is 5.69 Å². The molecule has 110 valence electrons. The Morgan fingerprint density at radius 3 is 2.80 bits per heavy atom. The number of ether oxygens (including phenoxy) is 1. The molecule has 0 unspecified atom stereocenters. The third-order valence-electron chi connectivity index (χ3n) is 2.65.